The Morgan fingerprint density at radius 1 is 1.26 bits per heavy atom. The summed E-state index contributed by atoms with van der Waals surface area (Å²) in [6.45, 7) is 7.73. The van der Waals surface area contributed by atoms with Gasteiger partial charge in [-0.25, -0.2) is 9.78 Å². The van der Waals surface area contributed by atoms with Crippen LogP contribution in [0.4, 0.5) is 0 Å². The Bertz CT molecular complexity index is 516. The highest BCUT2D eigenvalue weighted by molar-refractivity contribution is 9.10. The van der Waals surface area contributed by atoms with Gasteiger partial charge in [0.1, 0.15) is 5.69 Å². The molecular weight excluding hydrogens is 313 g/mol. The maximum absolute atomic E-state index is 11.0. The molecule has 1 aliphatic rings. The van der Waals surface area contributed by atoms with Crippen molar-refractivity contribution in [1.82, 2.24) is 4.98 Å². The van der Waals surface area contributed by atoms with E-state index in [0.29, 0.717) is 10.1 Å². The third kappa shape index (κ3) is 2.54. The van der Waals surface area contributed by atoms with Gasteiger partial charge in [0.2, 0.25) is 0 Å². The molecule has 0 radical (unpaired) electrons. The maximum Gasteiger partial charge on any atom is 0.515 e. The first-order valence-electron chi connectivity index (χ1n) is 5.89. The molecule has 2 heterocycles. The van der Waals surface area contributed by atoms with Gasteiger partial charge < -0.3 is 14.4 Å². The Morgan fingerprint density at radius 2 is 1.79 bits per heavy atom. The predicted octanol–water partition coefficient (Wildman–Crippen LogP) is 1.84. The summed E-state index contributed by atoms with van der Waals surface area (Å²) in [7, 11) is -0.682. The van der Waals surface area contributed by atoms with Gasteiger partial charge in [-0.15, -0.1) is 0 Å². The van der Waals surface area contributed by atoms with Crippen molar-refractivity contribution in [3.63, 3.8) is 0 Å². The maximum atomic E-state index is 11.0. The third-order valence-corrected chi connectivity index (χ3v) is 4.24. The van der Waals surface area contributed by atoms with E-state index in [9.17, 15) is 4.79 Å². The van der Waals surface area contributed by atoms with Crippen molar-refractivity contribution in [3.05, 3.63) is 22.3 Å². The van der Waals surface area contributed by atoms with Gasteiger partial charge in [-0.05, 0) is 55.8 Å². The second kappa shape index (κ2) is 4.57. The number of hydrogen-bond acceptors (Lipinski definition) is 4. The zero-order valence-corrected chi connectivity index (χ0v) is 12.8. The van der Waals surface area contributed by atoms with Crippen molar-refractivity contribution in [2.24, 2.45) is 0 Å². The molecule has 102 valence electrons. The number of halogens is 1. The molecule has 0 atom stereocenters. The number of carbonyl (C=O) groups is 1. The highest BCUT2D eigenvalue weighted by Gasteiger charge is 2.53. The number of aromatic nitrogens is 1. The quantitative estimate of drug-likeness (QED) is 0.839. The first-order chi connectivity index (χ1) is 8.64. The lowest BCUT2D eigenvalue weighted by atomic mass is 9.84. The topological polar surface area (TPSA) is 68.7 Å². The van der Waals surface area contributed by atoms with E-state index in [4.69, 9.17) is 14.4 Å². The van der Waals surface area contributed by atoms with Gasteiger partial charge >= 0.3 is 13.1 Å². The Hall–Kier alpha value is -0.915. The molecule has 1 fully saturated rings. The smallest absolute Gasteiger partial charge is 0.477 e. The molecule has 1 aliphatic heterocycles. The van der Waals surface area contributed by atoms with Crippen LogP contribution in [0.25, 0.3) is 0 Å². The Labute approximate surface area is 120 Å². The fourth-order valence-electron chi connectivity index (χ4n) is 1.70. The molecular formula is C12H15BBrNO4. The summed E-state index contributed by atoms with van der Waals surface area (Å²) in [5.41, 5.74) is -0.567. The van der Waals surface area contributed by atoms with Crippen LogP contribution in [0.15, 0.2) is 16.6 Å². The summed E-state index contributed by atoms with van der Waals surface area (Å²) in [5, 5.41) is 8.99. The zero-order chi connectivity index (χ0) is 14.4. The molecule has 0 unspecified atom stereocenters. The average molecular weight is 328 g/mol. The van der Waals surface area contributed by atoms with E-state index < -0.39 is 24.3 Å². The lowest BCUT2D eigenvalue weighted by Crippen LogP contribution is -2.41. The zero-order valence-electron chi connectivity index (χ0n) is 11.2. The van der Waals surface area contributed by atoms with Crippen LogP contribution in [0.1, 0.15) is 38.2 Å². The van der Waals surface area contributed by atoms with Gasteiger partial charge in [-0.2, -0.15) is 0 Å². The molecule has 5 nitrogen and oxygen atoms in total. The molecule has 0 saturated carbocycles. The molecule has 0 bridgehead atoms. The van der Waals surface area contributed by atoms with Crippen molar-refractivity contribution >= 4 is 34.6 Å². The lowest BCUT2D eigenvalue weighted by Gasteiger charge is -2.32. The van der Waals surface area contributed by atoms with Crippen molar-refractivity contribution < 1.29 is 19.2 Å². The van der Waals surface area contributed by atoms with E-state index in [2.05, 4.69) is 20.9 Å². The van der Waals surface area contributed by atoms with Crippen LogP contribution in [-0.4, -0.2) is 34.4 Å². The van der Waals surface area contributed by atoms with Crippen molar-refractivity contribution in [1.29, 1.82) is 0 Å². The van der Waals surface area contributed by atoms with Gasteiger partial charge in [0.15, 0.2) is 0 Å². The van der Waals surface area contributed by atoms with Crippen LogP contribution in [0.2, 0.25) is 0 Å². The molecule has 0 spiro atoms. The molecule has 19 heavy (non-hydrogen) atoms. The van der Waals surface area contributed by atoms with Gasteiger partial charge in [0, 0.05) is 4.47 Å². The van der Waals surface area contributed by atoms with E-state index in [1.54, 1.807) is 6.07 Å². The first-order valence-corrected chi connectivity index (χ1v) is 6.69. The highest BCUT2D eigenvalue weighted by atomic mass is 79.9. The first kappa shape index (κ1) is 14.5. The minimum atomic E-state index is -1.08. The summed E-state index contributed by atoms with van der Waals surface area (Å²) in [6, 6.07) is 3.07. The van der Waals surface area contributed by atoms with Gasteiger partial charge in [0.05, 0.1) is 16.8 Å². The van der Waals surface area contributed by atoms with E-state index in [1.165, 1.54) is 6.07 Å². The molecule has 0 aromatic carbocycles. The molecule has 1 saturated heterocycles. The van der Waals surface area contributed by atoms with Crippen LogP contribution < -0.4 is 5.59 Å². The third-order valence-electron chi connectivity index (χ3n) is 3.57. The fraction of sp³-hybridized carbons (Fsp3) is 0.500. The van der Waals surface area contributed by atoms with Gasteiger partial charge in [-0.3, -0.25) is 0 Å². The largest absolute Gasteiger partial charge is 0.515 e. The monoisotopic (exact) mass is 327 g/mol. The average Bonchev–Trinajstić information content (AvgIpc) is 2.48. The highest BCUT2D eigenvalue weighted by Crippen LogP contribution is 2.36. The number of carboxylic acid groups (broad SMARTS) is 1. The number of hydrogen-bond donors (Lipinski definition) is 1. The number of nitrogens with zero attached hydrogens (tertiary/aromatic N) is 1. The number of carboxylic acids is 1. The van der Waals surface area contributed by atoms with Crippen molar-refractivity contribution in [2.75, 3.05) is 0 Å². The minimum Gasteiger partial charge on any atom is -0.477 e. The lowest BCUT2D eigenvalue weighted by molar-refractivity contribution is 0.00578. The summed E-state index contributed by atoms with van der Waals surface area (Å²) >= 11 is 3.35. The van der Waals surface area contributed by atoms with Gasteiger partial charge in [-0.1, -0.05) is 0 Å². The summed E-state index contributed by atoms with van der Waals surface area (Å²) in [4.78, 5) is 15.1. The van der Waals surface area contributed by atoms with Crippen LogP contribution in [0.5, 0.6) is 0 Å². The number of pyridine rings is 1. The SMILES string of the molecule is CC1(C)OB(c2nc(C(=O)O)ccc2Br)OC1(C)C. The minimum absolute atomic E-state index is 0.0343. The molecule has 1 aromatic heterocycles. The number of rotatable bonds is 2. The Morgan fingerprint density at radius 3 is 2.26 bits per heavy atom. The molecule has 7 heteroatoms. The predicted molar refractivity (Wildman–Crippen MR) is 74.6 cm³/mol. The van der Waals surface area contributed by atoms with Gasteiger partial charge in [0.25, 0.3) is 0 Å². The fourth-order valence-corrected chi connectivity index (χ4v) is 2.10. The van der Waals surface area contributed by atoms with Crippen LogP contribution in [0.3, 0.4) is 0 Å². The molecule has 2 rings (SSSR count). The molecule has 1 N–H and O–H groups in total. The van der Waals surface area contributed by atoms with Crippen LogP contribution in [-0.2, 0) is 9.31 Å². The Balaban J connectivity index is 2.39. The number of aromatic carboxylic acids is 1. The second-order valence-electron chi connectivity index (χ2n) is 5.46. The van der Waals surface area contributed by atoms with Crippen LogP contribution in [0, 0.1) is 0 Å². The van der Waals surface area contributed by atoms with Crippen molar-refractivity contribution in [2.45, 2.75) is 38.9 Å². The van der Waals surface area contributed by atoms with E-state index in [1.807, 2.05) is 27.7 Å². The summed E-state index contributed by atoms with van der Waals surface area (Å²) in [5.74, 6) is -1.08. The summed E-state index contributed by atoms with van der Waals surface area (Å²) < 4.78 is 12.4. The normalized spacial score (nSPS) is 20.6. The standard InChI is InChI=1S/C12H15BBrNO4/c1-11(2)12(3,4)19-13(18-11)9-7(14)5-6-8(15-9)10(16)17/h5-6H,1-4H3,(H,16,17). The van der Waals surface area contributed by atoms with E-state index in [-0.39, 0.29) is 5.69 Å². The van der Waals surface area contributed by atoms with Crippen LogP contribution >= 0.6 is 15.9 Å². The molecule has 0 aliphatic carbocycles. The summed E-state index contributed by atoms with van der Waals surface area (Å²) in [6.07, 6.45) is 0. The second-order valence-corrected chi connectivity index (χ2v) is 6.31. The molecule has 1 aromatic rings. The van der Waals surface area contributed by atoms with Crippen molar-refractivity contribution in [3.8, 4) is 0 Å². The Kier molecular flexibility index (Phi) is 3.49. The van der Waals surface area contributed by atoms with E-state index in [0.717, 1.165) is 0 Å². The molecule has 0 amide bonds. The van der Waals surface area contributed by atoms with E-state index >= 15 is 0 Å².